The van der Waals surface area contributed by atoms with E-state index in [0.717, 1.165) is 33.3 Å². The van der Waals surface area contributed by atoms with Crippen molar-refractivity contribution in [2.24, 2.45) is 0 Å². The van der Waals surface area contributed by atoms with Crippen molar-refractivity contribution in [3.8, 4) is 11.4 Å². The number of rotatable bonds is 2. The van der Waals surface area contributed by atoms with Crippen molar-refractivity contribution in [2.45, 2.75) is 27.2 Å². The molecule has 0 spiro atoms. The van der Waals surface area contributed by atoms with Gasteiger partial charge >= 0.3 is 0 Å². The first-order chi connectivity index (χ1) is 8.52. The molecular weight excluding hydrogens is 290 g/mol. The maximum atomic E-state index is 6.00. The van der Waals surface area contributed by atoms with Gasteiger partial charge in [-0.05, 0) is 38.0 Å². The lowest BCUT2D eigenvalue weighted by atomic mass is 10.1. The lowest BCUT2D eigenvalue weighted by Crippen LogP contribution is -2.05. The van der Waals surface area contributed by atoms with Crippen LogP contribution < -0.4 is 5.73 Å². The zero-order valence-corrected chi connectivity index (χ0v) is 12.4. The van der Waals surface area contributed by atoms with Crippen LogP contribution in [0.3, 0.4) is 0 Å². The summed E-state index contributed by atoms with van der Waals surface area (Å²) in [6.45, 7) is 6.09. The largest absolute Gasteiger partial charge is 0.383 e. The Balaban J connectivity index is 2.61. The summed E-state index contributed by atoms with van der Waals surface area (Å²) in [6.07, 6.45) is 0.857. The van der Waals surface area contributed by atoms with Crippen molar-refractivity contribution >= 4 is 21.7 Å². The van der Waals surface area contributed by atoms with Gasteiger partial charge in [-0.1, -0.05) is 28.9 Å². The lowest BCUT2D eigenvalue weighted by molar-refractivity contribution is 1.01. The molecule has 3 nitrogen and oxygen atoms in total. The Morgan fingerprint density at radius 2 is 1.94 bits per heavy atom. The van der Waals surface area contributed by atoms with Crippen LogP contribution in [0.25, 0.3) is 11.4 Å². The zero-order valence-electron chi connectivity index (χ0n) is 10.8. The van der Waals surface area contributed by atoms with E-state index < -0.39 is 0 Å². The first-order valence-corrected chi connectivity index (χ1v) is 6.71. The van der Waals surface area contributed by atoms with E-state index in [1.54, 1.807) is 0 Å². The minimum atomic E-state index is 0.583. The number of hydrogen-bond acceptors (Lipinski definition) is 3. The van der Waals surface area contributed by atoms with Gasteiger partial charge in [-0.25, -0.2) is 9.97 Å². The van der Waals surface area contributed by atoms with Crippen LogP contribution in [-0.4, -0.2) is 9.97 Å². The summed E-state index contributed by atoms with van der Waals surface area (Å²) in [5.74, 6) is 1.28. The normalized spacial score (nSPS) is 10.7. The standard InChI is InChI=1S/C14H16BrN3/c1-4-11-9(3)17-14(18-13(11)16)12-7-10(15)6-5-8(12)2/h5-7H,4H2,1-3H3,(H2,16,17,18). The summed E-state index contributed by atoms with van der Waals surface area (Å²) in [6, 6.07) is 6.08. The minimum Gasteiger partial charge on any atom is -0.383 e. The van der Waals surface area contributed by atoms with E-state index in [2.05, 4.69) is 32.8 Å². The molecule has 0 fully saturated rings. The lowest BCUT2D eigenvalue weighted by Gasteiger charge is -2.10. The number of hydrogen-bond donors (Lipinski definition) is 1. The molecule has 0 bridgehead atoms. The summed E-state index contributed by atoms with van der Waals surface area (Å²) in [4.78, 5) is 8.99. The fourth-order valence-corrected chi connectivity index (χ4v) is 2.37. The molecular formula is C14H16BrN3. The Hall–Kier alpha value is -1.42. The molecule has 94 valence electrons. The van der Waals surface area contributed by atoms with Gasteiger partial charge in [0.05, 0.1) is 0 Å². The molecule has 0 amide bonds. The van der Waals surface area contributed by atoms with Crippen LogP contribution >= 0.6 is 15.9 Å². The van der Waals surface area contributed by atoms with E-state index in [9.17, 15) is 0 Å². The van der Waals surface area contributed by atoms with E-state index in [1.807, 2.05) is 32.0 Å². The van der Waals surface area contributed by atoms with Gasteiger partial charge < -0.3 is 5.73 Å². The number of benzene rings is 1. The van der Waals surface area contributed by atoms with Gasteiger partial charge in [0, 0.05) is 21.3 Å². The molecule has 1 aromatic heterocycles. The van der Waals surface area contributed by atoms with Crippen LogP contribution in [0.5, 0.6) is 0 Å². The summed E-state index contributed by atoms with van der Waals surface area (Å²) in [7, 11) is 0. The fourth-order valence-electron chi connectivity index (χ4n) is 2.01. The van der Waals surface area contributed by atoms with Gasteiger partial charge in [-0.3, -0.25) is 0 Å². The van der Waals surface area contributed by atoms with Crippen LogP contribution in [0.1, 0.15) is 23.7 Å². The molecule has 0 atom stereocenters. The molecule has 0 aliphatic heterocycles. The van der Waals surface area contributed by atoms with Crippen LogP contribution in [0.2, 0.25) is 0 Å². The Kier molecular flexibility index (Phi) is 3.66. The molecule has 1 heterocycles. The number of nitrogens with two attached hydrogens (primary N) is 1. The average molecular weight is 306 g/mol. The van der Waals surface area contributed by atoms with Crippen LogP contribution in [-0.2, 0) is 6.42 Å². The average Bonchev–Trinajstić information content (AvgIpc) is 2.32. The maximum absolute atomic E-state index is 6.00. The Morgan fingerprint density at radius 1 is 1.22 bits per heavy atom. The monoisotopic (exact) mass is 305 g/mol. The first-order valence-electron chi connectivity index (χ1n) is 5.92. The third-order valence-electron chi connectivity index (χ3n) is 3.04. The van der Waals surface area contributed by atoms with E-state index in [1.165, 1.54) is 0 Å². The van der Waals surface area contributed by atoms with Crippen molar-refractivity contribution < 1.29 is 0 Å². The number of halogens is 1. The van der Waals surface area contributed by atoms with Gasteiger partial charge in [0.25, 0.3) is 0 Å². The molecule has 0 aliphatic rings. The Morgan fingerprint density at radius 3 is 2.56 bits per heavy atom. The van der Waals surface area contributed by atoms with Gasteiger partial charge in [0.15, 0.2) is 5.82 Å². The molecule has 1 aromatic carbocycles. The second-order valence-corrected chi connectivity index (χ2v) is 5.22. The van der Waals surface area contributed by atoms with Gasteiger partial charge in [-0.15, -0.1) is 0 Å². The van der Waals surface area contributed by atoms with Crippen LogP contribution in [0.4, 0.5) is 5.82 Å². The van der Waals surface area contributed by atoms with E-state index in [0.29, 0.717) is 11.6 Å². The summed E-state index contributed by atoms with van der Waals surface area (Å²) in [5.41, 5.74) is 10.1. The van der Waals surface area contributed by atoms with Gasteiger partial charge in [-0.2, -0.15) is 0 Å². The second-order valence-electron chi connectivity index (χ2n) is 4.31. The van der Waals surface area contributed by atoms with Gasteiger partial charge in [0.2, 0.25) is 0 Å². The smallest absolute Gasteiger partial charge is 0.162 e. The third-order valence-corrected chi connectivity index (χ3v) is 3.53. The predicted molar refractivity (Wildman–Crippen MR) is 78.4 cm³/mol. The molecule has 0 saturated heterocycles. The van der Waals surface area contributed by atoms with Crippen molar-refractivity contribution in [3.63, 3.8) is 0 Å². The van der Waals surface area contributed by atoms with E-state index in [4.69, 9.17) is 5.73 Å². The number of nitrogens with zero attached hydrogens (tertiary/aromatic N) is 2. The molecule has 18 heavy (non-hydrogen) atoms. The predicted octanol–water partition coefficient (Wildman–Crippen LogP) is 3.67. The summed E-state index contributed by atoms with van der Waals surface area (Å²) < 4.78 is 1.02. The molecule has 0 aliphatic carbocycles. The van der Waals surface area contributed by atoms with Crippen LogP contribution in [0.15, 0.2) is 22.7 Å². The van der Waals surface area contributed by atoms with Crippen molar-refractivity contribution in [2.75, 3.05) is 5.73 Å². The molecule has 0 unspecified atom stereocenters. The number of nitrogen functional groups attached to an aromatic ring is 1. The Labute approximate surface area is 116 Å². The highest BCUT2D eigenvalue weighted by Crippen LogP contribution is 2.26. The Bertz CT molecular complexity index is 571. The summed E-state index contributed by atoms with van der Waals surface area (Å²) >= 11 is 3.47. The fraction of sp³-hybridized carbons (Fsp3) is 0.286. The number of aryl methyl sites for hydroxylation is 2. The highest BCUT2D eigenvalue weighted by Gasteiger charge is 2.11. The zero-order chi connectivity index (χ0) is 13.3. The SMILES string of the molecule is CCc1c(C)nc(-c2cc(Br)ccc2C)nc1N. The van der Waals surface area contributed by atoms with Crippen LogP contribution in [0, 0.1) is 13.8 Å². The highest BCUT2D eigenvalue weighted by atomic mass is 79.9. The second kappa shape index (κ2) is 5.06. The van der Waals surface area contributed by atoms with Crippen molar-refractivity contribution in [1.82, 2.24) is 9.97 Å². The molecule has 0 radical (unpaired) electrons. The van der Waals surface area contributed by atoms with E-state index >= 15 is 0 Å². The summed E-state index contributed by atoms with van der Waals surface area (Å²) in [5, 5.41) is 0. The highest BCUT2D eigenvalue weighted by molar-refractivity contribution is 9.10. The molecule has 2 rings (SSSR count). The molecule has 4 heteroatoms. The number of aromatic nitrogens is 2. The molecule has 2 N–H and O–H groups in total. The van der Waals surface area contributed by atoms with Gasteiger partial charge in [0.1, 0.15) is 5.82 Å². The van der Waals surface area contributed by atoms with Crippen molar-refractivity contribution in [1.29, 1.82) is 0 Å². The maximum Gasteiger partial charge on any atom is 0.162 e. The first kappa shape index (κ1) is 13.0. The number of anilines is 1. The topological polar surface area (TPSA) is 51.8 Å². The molecule has 0 saturated carbocycles. The van der Waals surface area contributed by atoms with Crippen molar-refractivity contribution in [3.05, 3.63) is 39.5 Å². The molecule has 2 aromatic rings. The quantitative estimate of drug-likeness (QED) is 0.921. The third kappa shape index (κ3) is 2.38. The minimum absolute atomic E-state index is 0.583. The van der Waals surface area contributed by atoms with E-state index in [-0.39, 0.29) is 0 Å².